The Labute approximate surface area is 126 Å². The molecule has 3 rings (SSSR count). The summed E-state index contributed by atoms with van der Waals surface area (Å²) in [7, 11) is 0. The zero-order valence-electron chi connectivity index (χ0n) is 11.5. The number of hydrogen-bond acceptors (Lipinski definition) is 1. The number of carbonyl (C=O) groups excluding carboxylic acids is 1. The Morgan fingerprint density at radius 2 is 1.65 bits per heavy atom. The van der Waals surface area contributed by atoms with Gasteiger partial charge in [-0.25, -0.2) is 0 Å². The van der Waals surface area contributed by atoms with Crippen LogP contribution in [0.3, 0.4) is 0 Å². The number of benzene rings is 2. The van der Waals surface area contributed by atoms with E-state index in [1.54, 1.807) is 0 Å². The summed E-state index contributed by atoms with van der Waals surface area (Å²) in [5.41, 5.74) is 1.20. The van der Waals surface area contributed by atoms with Gasteiger partial charge in [0, 0.05) is 0 Å². The van der Waals surface area contributed by atoms with Crippen molar-refractivity contribution in [2.75, 3.05) is 6.54 Å². The Balaban J connectivity index is 1.64. The van der Waals surface area contributed by atoms with E-state index in [2.05, 4.69) is 31.2 Å². The maximum atomic E-state index is 12.4. The Morgan fingerprint density at radius 1 is 1.05 bits per heavy atom. The second kappa shape index (κ2) is 5.43. The Hall–Kier alpha value is -1.57. The van der Waals surface area contributed by atoms with Crippen molar-refractivity contribution in [3.05, 3.63) is 66.2 Å². The van der Waals surface area contributed by atoms with E-state index in [0.29, 0.717) is 5.91 Å². The van der Waals surface area contributed by atoms with Gasteiger partial charge in [0.2, 0.25) is 0 Å². The van der Waals surface area contributed by atoms with E-state index in [1.165, 1.54) is 10.0 Å². The standard InChI is InChI=1S/C17H17NOSe/c1-17(20-15-10-6-3-7-11-15)13-18(16(17)19)12-14-8-4-2-5-9-14/h2-11H,12-13H2,1H3/t17-/m1/s1. The average molecular weight is 330 g/mol. The van der Waals surface area contributed by atoms with Gasteiger partial charge in [0.15, 0.2) is 0 Å². The fourth-order valence-corrected chi connectivity index (χ4v) is 5.13. The third-order valence-electron chi connectivity index (χ3n) is 3.53. The van der Waals surface area contributed by atoms with Gasteiger partial charge >= 0.3 is 126 Å². The number of amides is 1. The van der Waals surface area contributed by atoms with Crippen molar-refractivity contribution in [3.63, 3.8) is 0 Å². The summed E-state index contributed by atoms with van der Waals surface area (Å²) in [6, 6.07) is 20.6. The molecule has 1 atom stereocenters. The molecule has 1 amide bonds. The van der Waals surface area contributed by atoms with Gasteiger partial charge in [-0.2, -0.15) is 0 Å². The van der Waals surface area contributed by atoms with E-state index >= 15 is 0 Å². The molecule has 102 valence electrons. The molecule has 0 bridgehead atoms. The fourth-order valence-electron chi connectivity index (χ4n) is 2.50. The van der Waals surface area contributed by atoms with Crippen molar-refractivity contribution in [3.8, 4) is 0 Å². The van der Waals surface area contributed by atoms with Gasteiger partial charge in [-0.1, -0.05) is 0 Å². The topological polar surface area (TPSA) is 20.3 Å². The second-order valence-corrected chi connectivity index (χ2v) is 8.60. The Bertz CT molecular complexity index is 599. The van der Waals surface area contributed by atoms with Crippen LogP contribution in [-0.4, -0.2) is 32.3 Å². The number of carbonyl (C=O) groups is 1. The molecule has 1 heterocycles. The number of nitrogens with zero attached hydrogens (tertiary/aromatic N) is 1. The molecule has 0 N–H and O–H groups in total. The molecular weight excluding hydrogens is 313 g/mol. The molecular formula is C17H17NOSe. The summed E-state index contributed by atoms with van der Waals surface area (Å²) in [6.45, 7) is 3.71. The minimum absolute atomic E-state index is 0.164. The molecule has 0 saturated carbocycles. The summed E-state index contributed by atoms with van der Waals surface area (Å²) in [6.07, 6.45) is 0. The van der Waals surface area contributed by atoms with Crippen LogP contribution in [0.4, 0.5) is 0 Å². The van der Waals surface area contributed by atoms with E-state index < -0.39 is 0 Å². The molecule has 0 spiro atoms. The van der Waals surface area contributed by atoms with Crippen LogP contribution in [0, 0.1) is 0 Å². The summed E-state index contributed by atoms with van der Waals surface area (Å²) in [5, 5.41) is 0. The predicted molar refractivity (Wildman–Crippen MR) is 82.1 cm³/mol. The Morgan fingerprint density at radius 3 is 2.25 bits per heavy atom. The summed E-state index contributed by atoms with van der Waals surface area (Å²) < 4.78 is 1.14. The molecule has 20 heavy (non-hydrogen) atoms. The van der Waals surface area contributed by atoms with Gasteiger partial charge in [0.25, 0.3) is 0 Å². The number of rotatable bonds is 4. The van der Waals surface area contributed by atoms with E-state index in [4.69, 9.17) is 0 Å². The molecule has 1 saturated heterocycles. The molecule has 2 aromatic rings. The SMILES string of the molecule is C[C@@]1([Se]c2ccccc2)CN(Cc2ccccc2)C1=O. The van der Waals surface area contributed by atoms with Gasteiger partial charge in [0.05, 0.1) is 0 Å². The van der Waals surface area contributed by atoms with Crippen molar-refractivity contribution >= 4 is 25.3 Å². The molecule has 0 radical (unpaired) electrons. The van der Waals surface area contributed by atoms with Gasteiger partial charge in [-0.15, -0.1) is 0 Å². The molecule has 2 aromatic carbocycles. The Kier molecular flexibility index (Phi) is 3.64. The molecule has 2 nitrogen and oxygen atoms in total. The normalized spacial score (nSPS) is 21.6. The first-order valence-electron chi connectivity index (χ1n) is 6.75. The van der Waals surface area contributed by atoms with Gasteiger partial charge in [-0.3, -0.25) is 0 Å². The van der Waals surface area contributed by atoms with Gasteiger partial charge < -0.3 is 0 Å². The van der Waals surface area contributed by atoms with Crippen LogP contribution in [0.2, 0.25) is 4.31 Å². The molecule has 0 aliphatic carbocycles. The van der Waals surface area contributed by atoms with Gasteiger partial charge in [0.1, 0.15) is 0 Å². The van der Waals surface area contributed by atoms with Crippen LogP contribution in [-0.2, 0) is 11.3 Å². The second-order valence-electron chi connectivity index (χ2n) is 5.29. The van der Waals surface area contributed by atoms with E-state index in [1.807, 2.05) is 41.3 Å². The molecule has 1 aliphatic rings. The molecule has 0 aromatic heterocycles. The zero-order chi connectivity index (χ0) is 14.0. The summed E-state index contributed by atoms with van der Waals surface area (Å²) >= 11 is 0.207. The number of β-lactam (4-membered cyclic amide) rings is 1. The van der Waals surface area contributed by atoms with Crippen molar-refractivity contribution in [1.82, 2.24) is 4.90 Å². The first-order chi connectivity index (χ1) is 9.67. The maximum absolute atomic E-state index is 12.4. The predicted octanol–water partition coefficient (Wildman–Crippen LogP) is 2.24. The monoisotopic (exact) mass is 331 g/mol. The van der Waals surface area contributed by atoms with Crippen LogP contribution in [0.1, 0.15) is 12.5 Å². The van der Waals surface area contributed by atoms with Crippen LogP contribution in [0.15, 0.2) is 60.7 Å². The molecule has 1 fully saturated rings. The first-order valence-corrected chi connectivity index (χ1v) is 8.46. The first kappa shape index (κ1) is 13.4. The minimum atomic E-state index is -0.164. The van der Waals surface area contributed by atoms with Crippen LogP contribution in [0.25, 0.3) is 0 Å². The van der Waals surface area contributed by atoms with Crippen molar-refractivity contribution < 1.29 is 4.79 Å². The van der Waals surface area contributed by atoms with Crippen LogP contribution >= 0.6 is 0 Å². The number of likely N-dealkylation sites (tertiary alicyclic amines) is 1. The van der Waals surface area contributed by atoms with E-state index in [9.17, 15) is 4.79 Å². The third-order valence-corrected chi connectivity index (χ3v) is 6.18. The van der Waals surface area contributed by atoms with Crippen LogP contribution < -0.4 is 4.46 Å². The van der Waals surface area contributed by atoms with Crippen molar-refractivity contribution in [2.24, 2.45) is 0 Å². The van der Waals surface area contributed by atoms with Gasteiger partial charge in [-0.05, 0) is 0 Å². The molecule has 3 heteroatoms. The van der Waals surface area contributed by atoms with E-state index in [0.717, 1.165) is 13.1 Å². The van der Waals surface area contributed by atoms with Crippen molar-refractivity contribution in [2.45, 2.75) is 17.8 Å². The van der Waals surface area contributed by atoms with Crippen LogP contribution in [0.5, 0.6) is 0 Å². The average Bonchev–Trinajstić information content (AvgIpc) is 2.48. The quantitative estimate of drug-likeness (QED) is 0.622. The molecule has 1 aliphatic heterocycles. The molecule has 0 unspecified atom stereocenters. The third kappa shape index (κ3) is 2.65. The number of hydrogen-bond donors (Lipinski definition) is 0. The summed E-state index contributed by atoms with van der Waals surface area (Å²) in [4.78, 5) is 14.4. The summed E-state index contributed by atoms with van der Waals surface area (Å²) in [5.74, 6) is 0.296. The van der Waals surface area contributed by atoms with Crippen molar-refractivity contribution in [1.29, 1.82) is 0 Å². The fraction of sp³-hybridized carbons (Fsp3) is 0.235. The zero-order valence-corrected chi connectivity index (χ0v) is 13.2. The van der Waals surface area contributed by atoms with E-state index in [-0.39, 0.29) is 19.3 Å².